The summed E-state index contributed by atoms with van der Waals surface area (Å²) in [5, 5.41) is 30.0. The van der Waals surface area contributed by atoms with Gasteiger partial charge in [0.15, 0.2) is 0 Å². The molecule has 0 radical (unpaired) electrons. The van der Waals surface area contributed by atoms with E-state index in [-0.39, 0.29) is 22.6 Å². The van der Waals surface area contributed by atoms with Gasteiger partial charge in [-0.05, 0) is 30.3 Å². The zero-order chi connectivity index (χ0) is 16.3. The van der Waals surface area contributed by atoms with Crippen molar-refractivity contribution in [2.45, 2.75) is 0 Å². The van der Waals surface area contributed by atoms with Crippen molar-refractivity contribution in [3.63, 3.8) is 0 Å². The molecule has 2 aromatic carbocycles. The fraction of sp³-hybridized carbons (Fsp3) is 0. The van der Waals surface area contributed by atoms with Crippen LogP contribution in [0.15, 0.2) is 40.9 Å². The summed E-state index contributed by atoms with van der Waals surface area (Å²) in [6.45, 7) is 0. The van der Waals surface area contributed by atoms with Gasteiger partial charge >= 0.3 is 5.97 Å². The van der Waals surface area contributed by atoms with Crippen LogP contribution in [0.5, 0.6) is 5.75 Å². The second-order valence-electron chi connectivity index (χ2n) is 4.34. The molecule has 0 amide bonds. The molecule has 112 valence electrons. The van der Waals surface area contributed by atoms with Gasteiger partial charge in [0.1, 0.15) is 5.75 Å². The number of nitrogens with zero attached hydrogens (tertiary/aromatic N) is 1. The predicted octanol–water partition coefficient (Wildman–Crippen LogP) is 3.93. The molecule has 0 saturated carbocycles. The number of nitro benzene ring substituents is 1. The maximum atomic E-state index is 11.2. The van der Waals surface area contributed by atoms with Gasteiger partial charge in [-0.1, -0.05) is 28.1 Å². The van der Waals surface area contributed by atoms with Crippen LogP contribution in [-0.4, -0.2) is 21.1 Å². The molecule has 2 N–H and O–H groups in total. The lowest BCUT2D eigenvalue weighted by Gasteiger charge is -2.03. The molecule has 0 aliphatic carbocycles. The summed E-state index contributed by atoms with van der Waals surface area (Å²) in [5.74, 6) is -1.28. The van der Waals surface area contributed by atoms with Crippen molar-refractivity contribution in [1.82, 2.24) is 0 Å². The number of aromatic hydroxyl groups is 1. The van der Waals surface area contributed by atoms with Gasteiger partial charge in [-0.25, -0.2) is 4.79 Å². The fourth-order valence-corrected chi connectivity index (χ4v) is 2.28. The molecule has 7 heteroatoms. The average molecular weight is 364 g/mol. The summed E-state index contributed by atoms with van der Waals surface area (Å²) >= 11 is 3.25. The molecule has 0 aliphatic heterocycles. The maximum absolute atomic E-state index is 11.2. The molecule has 0 fully saturated rings. The van der Waals surface area contributed by atoms with Crippen molar-refractivity contribution in [2.24, 2.45) is 0 Å². The number of rotatable bonds is 4. The number of benzene rings is 2. The number of nitro groups is 1. The number of aromatic carboxylic acids is 1. The third-order valence-electron chi connectivity index (χ3n) is 2.93. The first kappa shape index (κ1) is 15.7. The van der Waals surface area contributed by atoms with Crippen LogP contribution in [0.4, 0.5) is 5.69 Å². The van der Waals surface area contributed by atoms with Crippen LogP contribution in [0.3, 0.4) is 0 Å². The van der Waals surface area contributed by atoms with E-state index < -0.39 is 10.9 Å². The van der Waals surface area contributed by atoms with E-state index in [0.717, 1.165) is 0 Å². The number of hydrogen-bond acceptors (Lipinski definition) is 4. The van der Waals surface area contributed by atoms with E-state index >= 15 is 0 Å². The topological polar surface area (TPSA) is 101 Å². The summed E-state index contributed by atoms with van der Waals surface area (Å²) in [4.78, 5) is 21.6. The van der Waals surface area contributed by atoms with E-state index in [1.807, 2.05) is 0 Å². The van der Waals surface area contributed by atoms with E-state index in [9.17, 15) is 20.0 Å². The Morgan fingerprint density at radius 1 is 1.23 bits per heavy atom. The predicted molar refractivity (Wildman–Crippen MR) is 84.8 cm³/mol. The van der Waals surface area contributed by atoms with Crippen molar-refractivity contribution in [2.75, 3.05) is 0 Å². The highest BCUT2D eigenvalue weighted by Crippen LogP contribution is 2.28. The Kier molecular flexibility index (Phi) is 4.57. The van der Waals surface area contributed by atoms with Crippen LogP contribution < -0.4 is 0 Å². The number of phenolic OH excluding ortho intramolecular Hbond substituents is 1. The fourth-order valence-electron chi connectivity index (χ4n) is 1.91. The van der Waals surface area contributed by atoms with E-state index in [4.69, 9.17) is 5.11 Å². The van der Waals surface area contributed by atoms with Crippen LogP contribution >= 0.6 is 15.9 Å². The highest BCUT2D eigenvalue weighted by Gasteiger charge is 2.19. The number of carboxylic acids is 1. The molecule has 6 nitrogen and oxygen atoms in total. The van der Waals surface area contributed by atoms with Crippen molar-refractivity contribution < 1.29 is 19.9 Å². The molecule has 0 bridgehead atoms. The summed E-state index contributed by atoms with van der Waals surface area (Å²) in [7, 11) is 0. The molecule has 0 heterocycles. The van der Waals surface area contributed by atoms with E-state index in [0.29, 0.717) is 10.0 Å². The normalized spacial score (nSPS) is 10.8. The van der Waals surface area contributed by atoms with E-state index in [2.05, 4.69) is 15.9 Å². The Morgan fingerprint density at radius 3 is 2.59 bits per heavy atom. The second-order valence-corrected chi connectivity index (χ2v) is 5.25. The lowest BCUT2D eigenvalue weighted by molar-refractivity contribution is -0.385. The Morgan fingerprint density at radius 2 is 1.95 bits per heavy atom. The average Bonchev–Trinajstić information content (AvgIpc) is 2.47. The van der Waals surface area contributed by atoms with Gasteiger partial charge < -0.3 is 10.2 Å². The molecule has 0 spiro atoms. The lowest BCUT2D eigenvalue weighted by atomic mass is 10.0. The van der Waals surface area contributed by atoms with Crippen molar-refractivity contribution >= 4 is 39.7 Å². The SMILES string of the molecule is O=C(O)c1cccc([N+](=O)[O-])c1/C=C/c1cc(Br)ccc1O. The van der Waals surface area contributed by atoms with E-state index in [1.165, 1.54) is 36.4 Å². The maximum Gasteiger partial charge on any atom is 0.336 e. The third kappa shape index (κ3) is 3.32. The molecule has 2 aromatic rings. The highest BCUT2D eigenvalue weighted by molar-refractivity contribution is 9.10. The summed E-state index contributed by atoms with van der Waals surface area (Å²) < 4.78 is 0.714. The van der Waals surface area contributed by atoms with Crippen molar-refractivity contribution in [3.8, 4) is 5.75 Å². The molecule has 0 saturated heterocycles. The van der Waals surface area contributed by atoms with Crippen LogP contribution in [0.2, 0.25) is 0 Å². The Labute approximate surface area is 133 Å². The molecular formula is C15H10BrNO5. The minimum absolute atomic E-state index is 0.0186. The van der Waals surface area contributed by atoms with Crippen LogP contribution in [0.1, 0.15) is 21.5 Å². The molecule has 0 atom stereocenters. The zero-order valence-electron chi connectivity index (χ0n) is 11.1. The van der Waals surface area contributed by atoms with Gasteiger partial charge in [0.05, 0.1) is 16.1 Å². The van der Waals surface area contributed by atoms with E-state index in [1.54, 1.807) is 12.1 Å². The second kappa shape index (κ2) is 6.40. The van der Waals surface area contributed by atoms with Gasteiger partial charge in [0.2, 0.25) is 0 Å². The lowest BCUT2D eigenvalue weighted by Crippen LogP contribution is -2.02. The Bertz CT molecular complexity index is 753. The summed E-state index contributed by atoms with van der Waals surface area (Å²) in [6.07, 6.45) is 2.73. The smallest absolute Gasteiger partial charge is 0.336 e. The minimum Gasteiger partial charge on any atom is -0.507 e. The number of carboxylic acid groups (broad SMARTS) is 1. The first-order chi connectivity index (χ1) is 10.4. The summed E-state index contributed by atoms with van der Waals surface area (Å²) in [5.41, 5.74) is -0.117. The van der Waals surface area contributed by atoms with Crippen molar-refractivity contribution in [1.29, 1.82) is 0 Å². The molecule has 2 rings (SSSR count). The molecular weight excluding hydrogens is 354 g/mol. The zero-order valence-corrected chi connectivity index (χ0v) is 12.6. The first-order valence-electron chi connectivity index (χ1n) is 6.07. The van der Waals surface area contributed by atoms with Gasteiger partial charge in [-0.3, -0.25) is 10.1 Å². The highest BCUT2D eigenvalue weighted by atomic mass is 79.9. The van der Waals surface area contributed by atoms with Gasteiger partial charge in [-0.2, -0.15) is 0 Å². The summed E-state index contributed by atoms with van der Waals surface area (Å²) in [6, 6.07) is 8.54. The van der Waals surface area contributed by atoms with Crippen molar-refractivity contribution in [3.05, 3.63) is 67.7 Å². The molecule has 0 unspecified atom stereocenters. The minimum atomic E-state index is -1.26. The molecule has 0 aliphatic rings. The van der Waals surface area contributed by atoms with Crippen LogP contribution in [0, 0.1) is 10.1 Å². The third-order valence-corrected chi connectivity index (χ3v) is 3.42. The first-order valence-corrected chi connectivity index (χ1v) is 6.86. The Balaban J connectivity index is 2.56. The molecule has 0 aromatic heterocycles. The van der Waals surface area contributed by atoms with Crippen LogP contribution in [0.25, 0.3) is 12.2 Å². The van der Waals surface area contributed by atoms with Gasteiger partial charge in [0.25, 0.3) is 5.69 Å². The number of hydrogen-bond donors (Lipinski definition) is 2. The quantitative estimate of drug-likeness (QED) is 0.486. The van der Waals surface area contributed by atoms with Gasteiger partial charge in [-0.15, -0.1) is 0 Å². The van der Waals surface area contributed by atoms with Crippen LogP contribution in [-0.2, 0) is 0 Å². The van der Waals surface area contributed by atoms with Gasteiger partial charge in [0, 0.05) is 16.1 Å². The standard InChI is InChI=1S/C15H10BrNO5/c16-10-5-7-14(18)9(8-10)4-6-11-12(15(19)20)2-1-3-13(11)17(21)22/h1-8,18H,(H,19,20)/b6-4+. The number of carbonyl (C=O) groups is 1. The molecule has 22 heavy (non-hydrogen) atoms. The number of halogens is 1. The largest absolute Gasteiger partial charge is 0.507 e. The Hall–Kier alpha value is -2.67. The number of phenols is 1. The monoisotopic (exact) mass is 363 g/mol.